The van der Waals surface area contributed by atoms with E-state index in [-0.39, 0.29) is 23.0 Å². The van der Waals surface area contributed by atoms with E-state index in [0.717, 1.165) is 18.4 Å². The lowest BCUT2D eigenvalue weighted by atomic mass is 9.51. The first-order valence-corrected chi connectivity index (χ1v) is 9.01. The Morgan fingerprint density at radius 3 is 2.77 bits per heavy atom. The van der Waals surface area contributed by atoms with Crippen LogP contribution in [0.5, 0.6) is 0 Å². The topological polar surface area (TPSA) is 76.7 Å². The molecule has 0 radical (unpaired) electrons. The highest BCUT2D eigenvalue weighted by atomic mass is 16.6. The van der Waals surface area contributed by atoms with Crippen LogP contribution in [0.3, 0.4) is 0 Å². The number of ether oxygens (including phenoxy) is 1. The number of aliphatic hydroxyl groups is 1. The molecule has 0 amide bonds. The number of Topliss-reactive ketones (excluding diaryl/α,β-unsaturated/α-hetero) is 1. The monoisotopic (exact) mass is 358 g/mol. The predicted molar refractivity (Wildman–Crippen MR) is 96.4 cm³/mol. The molecule has 5 atom stereocenters. The normalized spacial score (nSPS) is 34.3. The van der Waals surface area contributed by atoms with E-state index in [0.29, 0.717) is 24.0 Å². The maximum absolute atomic E-state index is 12.7. The highest BCUT2D eigenvalue weighted by molar-refractivity contribution is 5.96. The Hall–Kier alpha value is -2.14. The van der Waals surface area contributed by atoms with Crippen LogP contribution in [-0.2, 0) is 9.53 Å². The van der Waals surface area contributed by atoms with Gasteiger partial charge in [0.1, 0.15) is 18.5 Å². The Morgan fingerprint density at radius 1 is 1.42 bits per heavy atom. The second-order valence-corrected chi connectivity index (χ2v) is 7.82. The molecule has 1 aromatic rings. The third-order valence-electron chi connectivity index (χ3n) is 6.21. The van der Waals surface area contributed by atoms with Gasteiger partial charge < -0.3 is 14.3 Å². The van der Waals surface area contributed by atoms with Gasteiger partial charge in [0.05, 0.1) is 11.8 Å². The van der Waals surface area contributed by atoms with Crippen LogP contribution in [-0.4, -0.2) is 29.1 Å². The Labute approximate surface area is 153 Å². The molecule has 2 aliphatic rings. The van der Waals surface area contributed by atoms with E-state index >= 15 is 0 Å². The van der Waals surface area contributed by atoms with Crippen molar-refractivity contribution in [3.05, 3.63) is 48.5 Å². The first kappa shape index (κ1) is 18.6. The largest absolute Gasteiger partial charge is 0.472 e. The molecule has 3 rings (SSSR count). The van der Waals surface area contributed by atoms with Crippen molar-refractivity contribution in [3.63, 3.8) is 0 Å². The van der Waals surface area contributed by atoms with Gasteiger partial charge in [-0.2, -0.15) is 0 Å². The molecule has 1 N–H and O–H groups in total. The van der Waals surface area contributed by atoms with Gasteiger partial charge in [0.15, 0.2) is 5.78 Å². The summed E-state index contributed by atoms with van der Waals surface area (Å²) < 4.78 is 10.4. The summed E-state index contributed by atoms with van der Waals surface area (Å²) >= 11 is 0. The summed E-state index contributed by atoms with van der Waals surface area (Å²) in [6, 6.07) is 1.67. The number of furan rings is 1. The third kappa shape index (κ3) is 3.16. The van der Waals surface area contributed by atoms with E-state index < -0.39 is 18.2 Å². The molecule has 0 aliphatic heterocycles. The van der Waals surface area contributed by atoms with Crippen LogP contribution in [0, 0.1) is 17.3 Å². The average Bonchev–Trinajstić information content (AvgIpc) is 3.10. The van der Waals surface area contributed by atoms with Crippen molar-refractivity contribution in [1.82, 2.24) is 0 Å². The fourth-order valence-electron chi connectivity index (χ4n) is 4.85. The number of carbonyl (C=O) groups excluding carboxylic acids is 2. The lowest BCUT2D eigenvalue weighted by molar-refractivity contribution is -0.159. The lowest BCUT2D eigenvalue weighted by Crippen LogP contribution is -2.53. The van der Waals surface area contributed by atoms with Crippen LogP contribution in [0.2, 0.25) is 0 Å². The summed E-state index contributed by atoms with van der Waals surface area (Å²) in [5.74, 6) is -0.417. The molecule has 2 fully saturated rings. The van der Waals surface area contributed by atoms with E-state index in [1.807, 2.05) is 0 Å². The molecule has 0 spiro atoms. The molecule has 26 heavy (non-hydrogen) atoms. The first-order valence-electron chi connectivity index (χ1n) is 9.01. The second-order valence-electron chi connectivity index (χ2n) is 7.82. The maximum Gasteiger partial charge on any atom is 0.303 e. The summed E-state index contributed by atoms with van der Waals surface area (Å²) in [5.41, 5.74) is 1.94. The zero-order valence-electron chi connectivity index (χ0n) is 15.4. The Bertz CT molecular complexity index is 732. The van der Waals surface area contributed by atoms with E-state index in [9.17, 15) is 14.7 Å². The van der Waals surface area contributed by atoms with Gasteiger partial charge in [-0.05, 0) is 48.2 Å². The van der Waals surface area contributed by atoms with Gasteiger partial charge >= 0.3 is 5.97 Å². The molecule has 5 heteroatoms. The molecule has 0 aromatic carbocycles. The number of aliphatic hydroxyl groups excluding tert-OH is 1. The minimum absolute atomic E-state index is 0.00699. The van der Waals surface area contributed by atoms with Gasteiger partial charge in [-0.25, -0.2) is 0 Å². The SMILES string of the molecule is C=C1CCC2C(=C)C(O)C(OC(C)=O)CC2(C)C1CC(=O)c1ccoc1. The zero-order valence-corrected chi connectivity index (χ0v) is 15.4. The van der Waals surface area contributed by atoms with Crippen molar-refractivity contribution in [2.45, 2.75) is 51.7 Å². The number of fused-ring (bicyclic) bond motifs is 1. The van der Waals surface area contributed by atoms with Crippen LogP contribution in [0.4, 0.5) is 0 Å². The fraction of sp³-hybridized carbons (Fsp3) is 0.524. The minimum atomic E-state index is -0.867. The summed E-state index contributed by atoms with van der Waals surface area (Å²) in [7, 11) is 0. The summed E-state index contributed by atoms with van der Waals surface area (Å²) in [4.78, 5) is 24.1. The summed E-state index contributed by atoms with van der Waals surface area (Å²) in [5, 5.41) is 10.5. The van der Waals surface area contributed by atoms with Crippen molar-refractivity contribution in [2.24, 2.45) is 17.3 Å². The van der Waals surface area contributed by atoms with Crippen molar-refractivity contribution < 1.29 is 23.8 Å². The number of hydrogen-bond donors (Lipinski definition) is 1. The third-order valence-corrected chi connectivity index (χ3v) is 6.21. The molecule has 5 nitrogen and oxygen atoms in total. The summed E-state index contributed by atoms with van der Waals surface area (Å²) in [6.45, 7) is 11.8. The number of ketones is 1. The summed E-state index contributed by atoms with van der Waals surface area (Å²) in [6.07, 6.45) is 3.89. The van der Waals surface area contributed by atoms with Crippen LogP contribution in [0.15, 0.2) is 47.3 Å². The second kappa shape index (κ2) is 6.88. The van der Waals surface area contributed by atoms with Gasteiger partial charge in [-0.1, -0.05) is 25.7 Å². The van der Waals surface area contributed by atoms with Crippen LogP contribution >= 0.6 is 0 Å². The molecular formula is C21H26O5. The molecule has 0 saturated heterocycles. The van der Waals surface area contributed by atoms with Gasteiger partial charge in [-0.3, -0.25) is 9.59 Å². The Kier molecular flexibility index (Phi) is 4.93. The molecule has 2 aliphatic carbocycles. The maximum atomic E-state index is 12.7. The Balaban J connectivity index is 1.90. The van der Waals surface area contributed by atoms with Crippen molar-refractivity contribution in [1.29, 1.82) is 0 Å². The van der Waals surface area contributed by atoms with Crippen molar-refractivity contribution in [3.8, 4) is 0 Å². The molecular weight excluding hydrogens is 332 g/mol. The highest BCUT2D eigenvalue weighted by Crippen LogP contribution is 2.57. The number of hydrogen-bond acceptors (Lipinski definition) is 5. The average molecular weight is 358 g/mol. The zero-order chi connectivity index (χ0) is 19.1. The number of rotatable bonds is 4. The van der Waals surface area contributed by atoms with Gasteiger partial charge in [0.25, 0.3) is 0 Å². The van der Waals surface area contributed by atoms with E-state index in [4.69, 9.17) is 9.15 Å². The molecule has 1 heterocycles. The smallest absolute Gasteiger partial charge is 0.303 e. The van der Waals surface area contributed by atoms with Crippen LogP contribution in [0.25, 0.3) is 0 Å². The molecule has 1 aromatic heterocycles. The number of carbonyl (C=O) groups is 2. The van der Waals surface area contributed by atoms with Gasteiger partial charge in [0, 0.05) is 13.3 Å². The van der Waals surface area contributed by atoms with E-state index in [1.165, 1.54) is 19.5 Å². The van der Waals surface area contributed by atoms with Crippen molar-refractivity contribution in [2.75, 3.05) is 0 Å². The first-order chi connectivity index (χ1) is 12.2. The van der Waals surface area contributed by atoms with Crippen LogP contribution in [0.1, 0.15) is 49.9 Å². The Morgan fingerprint density at radius 2 is 2.15 bits per heavy atom. The quantitative estimate of drug-likeness (QED) is 0.505. The molecule has 140 valence electrons. The van der Waals surface area contributed by atoms with Gasteiger partial charge in [0.2, 0.25) is 0 Å². The van der Waals surface area contributed by atoms with Crippen molar-refractivity contribution >= 4 is 11.8 Å². The predicted octanol–water partition coefficient (Wildman–Crippen LogP) is 3.69. The van der Waals surface area contributed by atoms with E-state index in [2.05, 4.69) is 20.1 Å². The lowest BCUT2D eigenvalue weighted by Gasteiger charge is -2.55. The van der Waals surface area contributed by atoms with Gasteiger partial charge in [-0.15, -0.1) is 0 Å². The van der Waals surface area contributed by atoms with Crippen LogP contribution < -0.4 is 0 Å². The van der Waals surface area contributed by atoms with E-state index in [1.54, 1.807) is 6.07 Å². The standard InChI is InChI=1S/C21H26O5/c1-12-5-6-16-13(2)20(24)19(26-14(3)22)10-21(16,4)17(12)9-18(23)15-7-8-25-11-15/h7-8,11,16-17,19-20,24H,1-2,5-6,9-10H2,3-4H3. The fourth-order valence-corrected chi connectivity index (χ4v) is 4.85. The highest BCUT2D eigenvalue weighted by Gasteiger charge is 2.54. The minimum Gasteiger partial charge on any atom is -0.472 e. The number of allylic oxidation sites excluding steroid dienone is 1. The molecule has 5 unspecified atom stereocenters. The molecule has 2 saturated carbocycles. The number of esters is 1. The molecule has 0 bridgehead atoms.